The number of nitrogens with zero attached hydrogens (tertiary/aromatic N) is 1. The number of furan rings is 1. The molecule has 0 atom stereocenters. The topological polar surface area (TPSA) is 36.6 Å². The van der Waals surface area contributed by atoms with E-state index in [4.69, 9.17) is 4.42 Å². The molecule has 0 saturated heterocycles. The molecule has 1 aromatic heterocycles. The first-order chi connectivity index (χ1) is 8.17. The predicted octanol–water partition coefficient (Wildman–Crippen LogP) is 2.80. The van der Waals surface area contributed by atoms with Crippen molar-refractivity contribution in [3.8, 4) is 0 Å². The molecule has 1 heterocycles. The van der Waals surface area contributed by atoms with Crippen molar-refractivity contribution >= 4 is 0 Å². The van der Waals surface area contributed by atoms with Crippen LogP contribution < -0.4 is 0 Å². The van der Waals surface area contributed by atoms with Gasteiger partial charge in [-0.15, -0.1) is 0 Å². The molecule has 0 spiro atoms. The van der Waals surface area contributed by atoms with Crippen LogP contribution in [0.15, 0.2) is 22.8 Å². The molecule has 1 aliphatic rings. The SMILES string of the molecule is CCC(O)(CC)CN(Cc1ccco1)C1CC1. The minimum absolute atomic E-state index is 0.546. The van der Waals surface area contributed by atoms with E-state index in [9.17, 15) is 5.11 Å². The molecule has 0 radical (unpaired) electrons. The lowest BCUT2D eigenvalue weighted by molar-refractivity contribution is -0.00949. The van der Waals surface area contributed by atoms with Gasteiger partial charge in [0.25, 0.3) is 0 Å². The van der Waals surface area contributed by atoms with Crippen LogP contribution in [0, 0.1) is 0 Å². The normalized spacial score (nSPS) is 16.7. The van der Waals surface area contributed by atoms with E-state index in [0.29, 0.717) is 6.04 Å². The fraction of sp³-hybridized carbons (Fsp3) is 0.714. The third-order valence-corrected chi connectivity index (χ3v) is 3.82. The molecule has 0 aliphatic heterocycles. The lowest BCUT2D eigenvalue weighted by Gasteiger charge is -2.32. The molecule has 0 aromatic carbocycles. The fourth-order valence-electron chi connectivity index (χ4n) is 2.21. The zero-order chi connectivity index (χ0) is 12.3. The van der Waals surface area contributed by atoms with Crippen LogP contribution >= 0.6 is 0 Å². The highest BCUT2D eigenvalue weighted by Crippen LogP contribution is 2.31. The first-order valence-corrected chi connectivity index (χ1v) is 6.65. The molecular weight excluding hydrogens is 214 g/mol. The number of hydrogen-bond acceptors (Lipinski definition) is 3. The molecule has 17 heavy (non-hydrogen) atoms. The maximum atomic E-state index is 10.4. The first kappa shape index (κ1) is 12.7. The second-order valence-corrected chi connectivity index (χ2v) is 5.15. The van der Waals surface area contributed by atoms with Crippen molar-refractivity contribution in [1.82, 2.24) is 4.90 Å². The van der Waals surface area contributed by atoms with E-state index in [-0.39, 0.29) is 0 Å². The molecule has 3 heteroatoms. The van der Waals surface area contributed by atoms with Crippen molar-refractivity contribution in [3.63, 3.8) is 0 Å². The predicted molar refractivity (Wildman–Crippen MR) is 67.7 cm³/mol. The van der Waals surface area contributed by atoms with Gasteiger partial charge in [0, 0.05) is 12.6 Å². The third kappa shape index (κ3) is 3.33. The first-order valence-electron chi connectivity index (χ1n) is 6.65. The summed E-state index contributed by atoms with van der Waals surface area (Å²) in [6.45, 7) is 5.69. The van der Waals surface area contributed by atoms with Gasteiger partial charge in [0.1, 0.15) is 5.76 Å². The summed E-state index contributed by atoms with van der Waals surface area (Å²) in [5, 5.41) is 10.4. The van der Waals surface area contributed by atoms with E-state index in [1.165, 1.54) is 12.8 Å². The summed E-state index contributed by atoms with van der Waals surface area (Å²) >= 11 is 0. The lowest BCUT2D eigenvalue weighted by atomic mass is 9.96. The summed E-state index contributed by atoms with van der Waals surface area (Å²) in [6.07, 6.45) is 5.84. The molecule has 2 rings (SSSR count). The van der Waals surface area contributed by atoms with Crippen LogP contribution in [-0.2, 0) is 6.54 Å². The fourth-order valence-corrected chi connectivity index (χ4v) is 2.21. The van der Waals surface area contributed by atoms with Crippen LogP contribution in [0.1, 0.15) is 45.3 Å². The summed E-state index contributed by atoms with van der Waals surface area (Å²) in [7, 11) is 0. The van der Waals surface area contributed by atoms with Crippen molar-refractivity contribution in [3.05, 3.63) is 24.2 Å². The summed E-state index contributed by atoms with van der Waals surface area (Å²) in [5.74, 6) is 0.992. The maximum absolute atomic E-state index is 10.4. The van der Waals surface area contributed by atoms with E-state index in [2.05, 4.69) is 18.7 Å². The van der Waals surface area contributed by atoms with Crippen molar-refractivity contribution in [2.24, 2.45) is 0 Å². The van der Waals surface area contributed by atoms with Crippen LogP contribution in [0.25, 0.3) is 0 Å². The van der Waals surface area contributed by atoms with Crippen molar-refractivity contribution in [2.45, 2.75) is 57.7 Å². The molecule has 96 valence electrons. The van der Waals surface area contributed by atoms with Crippen LogP contribution in [0.2, 0.25) is 0 Å². The van der Waals surface area contributed by atoms with E-state index >= 15 is 0 Å². The molecule has 0 bridgehead atoms. The summed E-state index contributed by atoms with van der Waals surface area (Å²) in [4.78, 5) is 2.37. The molecule has 0 unspecified atom stereocenters. The minimum Gasteiger partial charge on any atom is -0.468 e. The molecule has 0 amide bonds. The van der Waals surface area contributed by atoms with Gasteiger partial charge in [0.15, 0.2) is 0 Å². The standard InChI is InChI=1S/C14H23NO2/c1-3-14(16,4-2)11-15(12-7-8-12)10-13-6-5-9-17-13/h5-6,9,12,16H,3-4,7-8,10-11H2,1-2H3. The number of rotatable bonds is 7. The summed E-state index contributed by atoms with van der Waals surface area (Å²) in [5.41, 5.74) is -0.546. The largest absolute Gasteiger partial charge is 0.468 e. The Kier molecular flexibility index (Phi) is 3.89. The molecule has 1 aliphatic carbocycles. The quantitative estimate of drug-likeness (QED) is 0.792. The van der Waals surface area contributed by atoms with Gasteiger partial charge in [-0.25, -0.2) is 0 Å². The molecule has 1 aromatic rings. The average Bonchev–Trinajstić information content (AvgIpc) is 3.07. The van der Waals surface area contributed by atoms with Gasteiger partial charge in [0.05, 0.1) is 18.4 Å². The van der Waals surface area contributed by atoms with E-state index in [1.54, 1.807) is 6.26 Å². The van der Waals surface area contributed by atoms with Gasteiger partial charge >= 0.3 is 0 Å². The summed E-state index contributed by atoms with van der Waals surface area (Å²) in [6, 6.07) is 4.57. The van der Waals surface area contributed by atoms with Gasteiger partial charge in [0.2, 0.25) is 0 Å². The Labute approximate surface area is 103 Å². The maximum Gasteiger partial charge on any atom is 0.117 e. The molecule has 3 nitrogen and oxygen atoms in total. The Balaban J connectivity index is 1.97. The van der Waals surface area contributed by atoms with Crippen LogP contribution in [0.5, 0.6) is 0 Å². The zero-order valence-electron chi connectivity index (χ0n) is 10.9. The Morgan fingerprint density at radius 3 is 2.59 bits per heavy atom. The van der Waals surface area contributed by atoms with Crippen molar-refractivity contribution in [1.29, 1.82) is 0 Å². The van der Waals surface area contributed by atoms with E-state index < -0.39 is 5.60 Å². The highest BCUT2D eigenvalue weighted by atomic mass is 16.3. The Hall–Kier alpha value is -0.800. The highest BCUT2D eigenvalue weighted by molar-refractivity contribution is 5.00. The van der Waals surface area contributed by atoms with Crippen LogP contribution in [0.3, 0.4) is 0 Å². The van der Waals surface area contributed by atoms with Crippen molar-refractivity contribution in [2.75, 3.05) is 6.54 Å². The Bertz CT molecular complexity index is 326. The van der Waals surface area contributed by atoms with Crippen molar-refractivity contribution < 1.29 is 9.52 Å². The number of aliphatic hydroxyl groups is 1. The van der Waals surface area contributed by atoms with E-state index in [0.717, 1.165) is 31.7 Å². The smallest absolute Gasteiger partial charge is 0.117 e. The van der Waals surface area contributed by atoms with Gasteiger partial charge in [-0.3, -0.25) is 4.90 Å². The Morgan fingerprint density at radius 2 is 2.12 bits per heavy atom. The minimum atomic E-state index is -0.546. The molecule has 1 N–H and O–H groups in total. The molecule has 1 saturated carbocycles. The third-order valence-electron chi connectivity index (χ3n) is 3.82. The average molecular weight is 237 g/mol. The lowest BCUT2D eigenvalue weighted by Crippen LogP contribution is -2.43. The zero-order valence-corrected chi connectivity index (χ0v) is 10.9. The number of hydrogen-bond donors (Lipinski definition) is 1. The molecular formula is C14H23NO2. The summed E-state index contributed by atoms with van der Waals surface area (Å²) < 4.78 is 5.40. The highest BCUT2D eigenvalue weighted by Gasteiger charge is 2.34. The monoisotopic (exact) mass is 237 g/mol. The second kappa shape index (κ2) is 5.23. The van der Waals surface area contributed by atoms with Gasteiger partial charge in [-0.1, -0.05) is 13.8 Å². The second-order valence-electron chi connectivity index (χ2n) is 5.15. The van der Waals surface area contributed by atoms with Gasteiger partial charge in [-0.05, 0) is 37.8 Å². The van der Waals surface area contributed by atoms with Crippen LogP contribution in [-0.4, -0.2) is 28.2 Å². The Morgan fingerprint density at radius 1 is 1.41 bits per heavy atom. The van der Waals surface area contributed by atoms with Gasteiger partial charge in [-0.2, -0.15) is 0 Å². The van der Waals surface area contributed by atoms with Gasteiger partial charge < -0.3 is 9.52 Å². The molecule has 1 fully saturated rings. The van der Waals surface area contributed by atoms with E-state index in [1.807, 2.05) is 12.1 Å². The van der Waals surface area contributed by atoms with Crippen LogP contribution in [0.4, 0.5) is 0 Å².